The van der Waals surface area contributed by atoms with E-state index in [0.29, 0.717) is 0 Å². The lowest BCUT2D eigenvalue weighted by molar-refractivity contribution is 0.424. The van der Waals surface area contributed by atoms with Gasteiger partial charge >= 0.3 is 0 Å². The first-order chi connectivity index (χ1) is 5.55. The van der Waals surface area contributed by atoms with Crippen LogP contribution in [-0.4, -0.2) is 33.2 Å². The molecule has 0 bridgehead atoms. The molecule has 0 amide bonds. The van der Waals surface area contributed by atoms with Crippen molar-refractivity contribution in [2.45, 2.75) is 18.7 Å². The summed E-state index contributed by atoms with van der Waals surface area (Å²) < 4.78 is 31.1. The summed E-state index contributed by atoms with van der Waals surface area (Å²) in [7, 11) is -4.12. The van der Waals surface area contributed by atoms with E-state index in [2.05, 4.69) is 15.5 Å². The Morgan fingerprint density at radius 2 is 2.33 bits per heavy atom. The van der Waals surface area contributed by atoms with Gasteiger partial charge in [0.05, 0.1) is 0 Å². The highest BCUT2D eigenvalue weighted by molar-refractivity contribution is 7.85. The second-order valence-electron chi connectivity index (χ2n) is 2.17. The van der Waals surface area contributed by atoms with E-state index in [9.17, 15) is 8.42 Å². The fraction of sp³-hybridized carbons (Fsp3) is 0.750. The van der Waals surface area contributed by atoms with E-state index in [1.165, 1.54) is 0 Å². The van der Waals surface area contributed by atoms with Crippen LogP contribution in [0.25, 0.3) is 0 Å². The minimum absolute atomic E-state index is 0.212. The molecule has 68 valence electrons. The van der Waals surface area contributed by atoms with E-state index in [4.69, 9.17) is 4.55 Å². The molecule has 0 saturated carbocycles. The Labute approximate surface area is 69.1 Å². The van der Waals surface area contributed by atoms with Crippen LogP contribution in [0.2, 0.25) is 0 Å². The molecule has 7 nitrogen and oxygen atoms in total. The van der Waals surface area contributed by atoms with Crippen LogP contribution in [0.4, 0.5) is 0 Å². The van der Waals surface area contributed by atoms with Crippen LogP contribution in [0.5, 0.6) is 0 Å². The maximum atomic E-state index is 10.7. The largest absolute Gasteiger partial charge is 0.288 e. The van der Waals surface area contributed by atoms with E-state index in [1.807, 2.05) is 0 Å². The van der Waals surface area contributed by atoms with Crippen molar-refractivity contribution in [2.75, 3.05) is 0 Å². The van der Waals surface area contributed by atoms with Gasteiger partial charge in [-0.3, -0.25) is 4.55 Å². The molecule has 1 heterocycles. The average molecular weight is 192 g/mol. The zero-order chi connectivity index (χ0) is 9.19. The van der Waals surface area contributed by atoms with Gasteiger partial charge in [0.25, 0.3) is 10.1 Å². The number of aromatic nitrogens is 4. The lowest BCUT2D eigenvalue weighted by atomic mass is 10.5. The Morgan fingerprint density at radius 3 is 2.67 bits per heavy atom. The van der Waals surface area contributed by atoms with Crippen LogP contribution in [0.1, 0.15) is 18.7 Å². The van der Waals surface area contributed by atoms with E-state index < -0.39 is 15.5 Å². The number of hydrogen-bond acceptors (Lipinski definition) is 5. The summed E-state index contributed by atoms with van der Waals surface area (Å²) in [5, 5.41) is 8.80. The molecule has 1 unspecified atom stereocenters. The summed E-state index contributed by atoms with van der Waals surface area (Å²) >= 11 is 0. The fourth-order valence-electron chi connectivity index (χ4n) is 0.834. The molecule has 1 N–H and O–H groups in total. The first-order valence-corrected chi connectivity index (χ1v) is 4.74. The molecule has 1 atom stereocenters. The number of nitrogens with zero attached hydrogens (tertiary/aromatic N) is 4. The van der Waals surface area contributed by atoms with Gasteiger partial charge in [-0.05, 0) is 16.8 Å². The van der Waals surface area contributed by atoms with Gasteiger partial charge in [-0.2, -0.15) is 8.42 Å². The fourth-order valence-corrected chi connectivity index (χ4v) is 1.63. The second-order valence-corrected chi connectivity index (χ2v) is 3.74. The van der Waals surface area contributed by atoms with Gasteiger partial charge in [-0.1, -0.05) is 6.92 Å². The average Bonchev–Trinajstić information content (AvgIpc) is 2.38. The van der Waals surface area contributed by atoms with Crippen LogP contribution in [-0.2, 0) is 10.1 Å². The van der Waals surface area contributed by atoms with Gasteiger partial charge in [-0.15, -0.1) is 5.10 Å². The topological polar surface area (TPSA) is 98.0 Å². The third kappa shape index (κ3) is 1.77. The summed E-state index contributed by atoms with van der Waals surface area (Å²) in [4.78, 5) is 0. The molecular formula is C4H8N4O3S. The molecule has 12 heavy (non-hydrogen) atoms. The van der Waals surface area contributed by atoms with Gasteiger partial charge in [0.2, 0.25) is 0 Å². The lowest BCUT2D eigenvalue weighted by Crippen LogP contribution is -2.19. The number of hydrogen-bond donors (Lipinski definition) is 1. The quantitative estimate of drug-likeness (QED) is 0.646. The van der Waals surface area contributed by atoms with E-state index in [1.54, 1.807) is 6.92 Å². The molecule has 0 aliphatic rings. The van der Waals surface area contributed by atoms with Crippen LogP contribution in [0.15, 0.2) is 6.33 Å². The van der Waals surface area contributed by atoms with Crippen molar-refractivity contribution in [1.82, 2.24) is 20.2 Å². The minimum atomic E-state index is -4.12. The first kappa shape index (κ1) is 9.07. The zero-order valence-corrected chi connectivity index (χ0v) is 7.14. The molecule has 0 aromatic carbocycles. The van der Waals surface area contributed by atoms with Crippen molar-refractivity contribution < 1.29 is 13.0 Å². The van der Waals surface area contributed by atoms with Crippen molar-refractivity contribution in [1.29, 1.82) is 0 Å². The highest BCUT2D eigenvalue weighted by Crippen LogP contribution is 2.14. The Bertz CT molecular complexity index is 331. The van der Waals surface area contributed by atoms with Gasteiger partial charge < -0.3 is 0 Å². The highest BCUT2D eigenvalue weighted by atomic mass is 32.2. The molecule has 1 aromatic heterocycles. The SMILES string of the molecule is CCC(n1cnnn1)S(=O)(=O)O. The van der Waals surface area contributed by atoms with Crippen LogP contribution >= 0.6 is 0 Å². The normalized spacial score (nSPS) is 14.5. The predicted molar refractivity (Wildman–Crippen MR) is 38.7 cm³/mol. The van der Waals surface area contributed by atoms with Crippen LogP contribution < -0.4 is 0 Å². The van der Waals surface area contributed by atoms with Crippen molar-refractivity contribution >= 4 is 10.1 Å². The summed E-state index contributed by atoms with van der Waals surface area (Å²) in [5.41, 5.74) is 0. The summed E-state index contributed by atoms with van der Waals surface area (Å²) in [6, 6.07) is 0. The zero-order valence-electron chi connectivity index (χ0n) is 6.32. The summed E-state index contributed by atoms with van der Waals surface area (Å²) in [6.45, 7) is 1.61. The van der Waals surface area contributed by atoms with Crippen molar-refractivity contribution in [3.05, 3.63) is 6.33 Å². The van der Waals surface area contributed by atoms with Gasteiger partial charge in [0, 0.05) is 0 Å². The molecule has 0 radical (unpaired) electrons. The third-order valence-electron chi connectivity index (χ3n) is 1.35. The monoisotopic (exact) mass is 192 g/mol. The summed E-state index contributed by atoms with van der Waals surface area (Å²) in [6.07, 6.45) is 1.35. The Kier molecular flexibility index (Phi) is 2.38. The number of tetrazole rings is 1. The van der Waals surface area contributed by atoms with Crippen molar-refractivity contribution in [3.8, 4) is 0 Å². The third-order valence-corrected chi connectivity index (χ3v) is 2.59. The Morgan fingerprint density at radius 1 is 1.67 bits per heavy atom. The van der Waals surface area contributed by atoms with Gasteiger partial charge in [0.15, 0.2) is 5.37 Å². The molecule has 0 spiro atoms. The lowest BCUT2D eigenvalue weighted by Gasteiger charge is -2.08. The van der Waals surface area contributed by atoms with Crippen molar-refractivity contribution in [3.63, 3.8) is 0 Å². The van der Waals surface area contributed by atoms with E-state index in [0.717, 1.165) is 11.0 Å². The molecule has 1 aromatic rings. The Hall–Kier alpha value is -1.02. The van der Waals surface area contributed by atoms with Gasteiger partial charge in [-0.25, -0.2) is 4.68 Å². The number of rotatable bonds is 3. The van der Waals surface area contributed by atoms with Crippen LogP contribution in [0.3, 0.4) is 0 Å². The standard InChI is InChI=1S/C4H8N4O3S/c1-2-4(12(9,10)11)8-3-5-6-7-8/h3-4H,2H2,1H3,(H,9,10,11). The molecule has 0 aliphatic carbocycles. The second kappa shape index (κ2) is 3.15. The highest BCUT2D eigenvalue weighted by Gasteiger charge is 2.23. The maximum absolute atomic E-state index is 10.7. The molecular weight excluding hydrogens is 184 g/mol. The summed E-state index contributed by atoms with van der Waals surface area (Å²) in [5.74, 6) is 0. The molecule has 8 heteroatoms. The predicted octanol–water partition coefficient (Wildman–Crippen LogP) is -0.530. The van der Waals surface area contributed by atoms with E-state index >= 15 is 0 Å². The maximum Gasteiger partial charge on any atom is 0.288 e. The van der Waals surface area contributed by atoms with Crippen molar-refractivity contribution in [2.24, 2.45) is 0 Å². The van der Waals surface area contributed by atoms with Gasteiger partial charge in [0.1, 0.15) is 6.33 Å². The molecule has 0 aliphatic heterocycles. The molecule has 1 rings (SSSR count). The smallest absolute Gasteiger partial charge is 0.284 e. The molecule has 0 saturated heterocycles. The van der Waals surface area contributed by atoms with E-state index in [-0.39, 0.29) is 6.42 Å². The Balaban J connectivity index is 3.00. The molecule has 0 fully saturated rings. The first-order valence-electron chi connectivity index (χ1n) is 3.24. The van der Waals surface area contributed by atoms with Crippen LogP contribution in [0, 0.1) is 0 Å². The minimum Gasteiger partial charge on any atom is -0.284 e.